The molecule has 0 aromatic heterocycles. The zero-order valence-electron chi connectivity index (χ0n) is 11.5. The molecule has 0 aliphatic rings. The van der Waals surface area contributed by atoms with Crippen molar-refractivity contribution in [3.05, 3.63) is 29.6 Å². The summed E-state index contributed by atoms with van der Waals surface area (Å²) >= 11 is 0. The Hall–Kier alpha value is -1.21. The van der Waals surface area contributed by atoms with E-state index in [-0.39, 0.29) is 5.75 Å². The molecule has 0 heterocycles. The predicted molar refractivity (Wildman–Crippen MR) is 70.1 cm³/mol. The Morgan fingerprint density at radius 3 is 2.32 bits per heavy atom. The Morgan fingerprint density at radius 1 is 1.26 bits per heavy atom. The molecule has 0 aliphatic carbocycles. The highest BCUT2D eigenvalue weighted by atomic mass is 19.1. The molecule has 0 aliphatic heterocycles. The molecule has 1 rings (SSSR count). The van der Waals surface area contributed by atoms with E-state index in [0.29, 0.717) is 18.8 Å². The first-order valence-electron chi connectivity index (χ1n) is 6.20. The second kappa shape index (κ2) is 8.06. The Labute approximate surface area is 112 Å². The van der Waals surface area contributed by atoms with Crippen LogP contribution >= 0.6 is 0 Å². The highest BCUT2D eigenvalue weighted by molar-refractivity contribution is 5.31. The Balaban J connectivity index is 2.96. The van der Waals surface area contributed by atoms with Crippen LogP contribution in [0.1, 0.15) is 25.5 Å². The van der Waals surface area contributed by atoms with Crippen molar-refractivity contribution in [3.8, 4) is 5.75 Å². The zero-order valence-corrected chi connectivity index (χ0v) is 11.5. The van der Waals surface area contributed by atoms with Crippen LogP contribution in [0.2, 0.25) is 0 Å². The molecular weight excluding hydrogens is 251 g/mol. The molecule has 1 aromatic carbocycles. The molecule has 0 bridgehead atoms. The van der Waals surface area contributed by atoms with Gasteiger partial charge in [0, 0.05) is 13.2 Å². The van der Waals surface area contributed by atoms with Crippen LogP contribution < -0.4 is 16.0 Å². The second-order valence-corrected chi connectivity index (χ2v) is 3.82. The van der Waals surface area contributed by atoms with E-state index in [4.69, 9.17) is 20.1 Å². The molecule has 6 heteroatoms. The summed E-state index contributed by atoms with van der Waals surface area (Å²) in [6.07, 6.45) is -0.576. The van der Waals surface area contributed by atoms with Gasteiger partial charge in [-0.25, -0.2) is 9.82 Å². The van der Waals surface area contributed by atoms with Crippen molar-refractivity contribution in [3.63, 3.8) is 0 Å². The molecule has 5 nitrogen and oxygen atoms in total. The molecule has 3 N–H and O–H groups in total. The smallest absolute Gasteiger partial charge is 0.178 e. The lowest BCUT2D eigenvalue weighted by Crippen LogP contribution is -2.39. The lowest BCUT2D eigenvalue weighted by molar-refractivity contribution is -0.155. The highest BCUT2D eigenvalue weighted by Gasteiger charge is 2.24. The maximum atomic E-state index is 13.7. The van der Waals surface area contributed by atoms with Crippen LogP contribution in [0.25, 0.3) is 0 Å². The minimum atomic E-state index is -0.576. The van der Waals surface area contributed by atoms with Gasteiger partial charge in [0.25, 0.3) is 0 Å². The fraction of sp³-hybridized carbons (Fsp3) is 0.538. The van der Waals surface area contributed by atoms with E-state index in [1.165, 1.54) is 13.2 Å². The summed E-state index contributed by atoms with van der Waals surface area (Å²) in [5, 5.41) is 0. The normalized spacial score (nSPS) is 12.7. The third kappa shape index (κ3) is 4.14. The Kier molecular flexibility index (Phi) is 6.72. The molecule has 19 heavy (non-hydrogen) atoms. The van der Waals surface area contributed by atoms with Gasteiger partial charge >= 0.3 is 0 Å². The summed E-state index contributed by atoms with van der Waals surface area (Å²) in [5.74, 6) is 5.26. The van der Waals surface area contributed by atoms with Crippen LogP contribution in [0.5, 0.6) is 5.75 Å². The van der Waals surface area contributed by atoms with Gasteiger partial charge in [0.1, 0.15) is 0 Å². The first-order valence-corrected chi connectivity index (χ1v) is 6.20. The number of hydrogen-bond acceptors (Lipinski definition) is 5. The van der Waals surface area contributed by atoms with E-state index >= 15 is 0 Å². The van der Waals surface area contributed by atoms with Gasteiger partial charge in [-0.05, 0) is 31.5 Å². The third-order valence-electron chi connectivity index (χ3n) is 2.65. The van der Waals surface area contributed by atoms with E-state index in [1.807, 2.05) is 13.8 Å². The van der Waals surface area contributed by atoms with Crippen LogP contribution in [0.4, 0.5) is 4.39 Å². The quantitative estimate of drug-likeness (QED) is 0.429. The van der Waals surface area contributed by atoms with Crippen molar-refractivity contribution < 1.29 is 18.6 Å². The first-order chi connectivity index (χ1) is 9.17. The van der Waals surface area contributed by atoms with Gasteiger partial charge in [-0.15, -0.1) is 0 Å². The zero-order chi connectivity index (χ0) is 14.3. The minimum absolute atomic E-state index is 0.184. The molecular formula is C13H21FN2O3. The number of rotatable bonds is 8. The van der Waals surface area contributed by atoms with Gasteiger partial charge in [-0.3, -0.25) is 5.84 Å². The summed E-state index contributed by atoms with van der Waals surface area (Å²) in [5.41, 5.74) is 3.23. The van der Waals surface area contributed by atoms with E-state index in [1.54, 1.807) is 12.1 Å². The number of benzene rings is 1. The SMILES string of the molecule is CCOC(OCC)C(NN)c1ccc(OC)c(F)c1. The summed E-state index contributed by atoms with van der Waals surface area (Å²) in [6.45, 7) is 4.66. The summed E-state index contributed by atoms with van der Waals surface area (Å²) in [4.78, 5) is 0. The van der Waals surface area contributed by atoms with E-state index in [9.17, 15) is 4.39 Å². The Bertz CT molecular complexity index is 384. The molecule has 0 amide bonds. The van der Waals surface area contributed by atoms with Gasteiger partial charge in [0.2, 0.25) is 0 Å². The van der Waals surface area contributed by atoms with Gasteiger partial charge < -0.3 is 14.2 Å². The van der Waals surface area contributed by atoms with Gasteiger partial charge in [-0.1, -0.05) is 6.07 Å². The van der Waals surface area contributed by atoms with Crippen molar-refractivity contribution in [2.45, 2.75) is 26.2 Å². The number of hydrazine groups is 1. The minimum Gasteiger partial charge on any atom is -0.494 e. The maximum Gasteiger partial charge on any atom is 0.178 e. The number of ether oxygens (including phenoxy) is 3. The number of nitrogens with one attached hydrogen (secondary N) is 1. The average Bonchev–Trinajstić information content (AvgIpc) is 2.40. The summed E-state index contributed by atoms with van der Waals surface area (Å²) in [6, 6.07) is 4.16. The summed E-state index contributed by atoms with van der Waals surface area (Å²) < 4.78 is 29.5. The lowest BCUT2D eigenvalue weighted by Gasteiger charge is -2.26. The molecule has 0 spiro atoms. The van der Waals surface area contributed by atoms with Crippen LogP contribution in [-0.4, -0.2) is 26.6 Å². The predicted octanol–water partition coefficient (Wildman–Crippen LogP) is 1.74. The van der Waals surface area contributed by atoms with Gasteiger partial charge in [0.15, 0.2) is 17.9 Å². The van der Waals surface area contributed by atoms with Crippen LogP contribution in [0, 0.1) is 5.82 Å². The molecule has 0 radical (unpaired) electrons. The van der Waals surface area contributed by atoms with Crippen LogP contribution in [0.3, 0.4) is 0 Å². The van der Waals surface area contributed by atoms with Crippen molar-refractivity contribution in [2.24, 2.45) is 5.84 Å². The number of hydrogen-bond donors (Lipinski definition) is 2. The largest absolute Gasteiger partial charge is 0.494 e. The fourth-order valence-corrected chi connectivity index (χ4v) is 1.78. The Morgan fingerprint density at radius 2 is 1.89 bits per heavy atom. The van der Waals surface area contributed by atoms with Crippen LogP contribution in [0.15, 0.2) is 18.2 Å². The first kappa shape index (κ1) is 15.8. The second-order valence-electron chi connectivity index (χ2n) is 3.82. The topological polar surface area (TPSA) is 65.7 Å². The molecule has 108 valence electrons. The third-order valence-corrected chi connectivity index (χ3v) is 2.65. The van der Waals surface area contributed by atoms with E-state index in [0.717, 1.165) is 0 Å². The lowest BCUT2D eigenvalue weighted by atomic mass is 10.1. The number of methoxy groups -OCH3 is 1. The van der Waals surface area contributed by atoms with E-state index in [2.05, 4.69) is 5.43 Å². The van der Waals surface area contributed by atoms with Crippen molar-refractivity contribution in [1.29, 1.82) is 0 Å². The van der Waals surface area contributed by atoms with Crippen molar-refractivity contribution >= 4 is 0 Å². The van der Waals surface area contributed by atoms with Crippen LogP contribution in [-0.2, 0) is 9.47 Å². The van der Waals surface area contributed by atoms with E-state index < -0.39 is 18.1 Å². The summed E-state index contributed by atoms with van der Waals surface area (Å²) in [7, 11) is 1.42. The van der Waals surface area contributed by atoms with Gasteiger partial charge in [-0.2, -0.15) is 0 Å². The van der Waals surface area contributed by atoms with Gasteiger partial charge in [0.05, 0.1) is 13.2 Å². The molecule has 0 saturated carbocycles. The number of halogens is 1. The van der Waals surface area contributed by atoms with Crippen molar-refractivity contribution in [2.75, 3.05) is 20.3 Å². The molecule has 0 saturated heterocycles. The monoisotopic (exact) mass is 272 g/mol. The molecule has 0 fully saturated rings. The number of nitrogens with two attached hydrogens (primary N) is 1. The molecule has 1 aromatic rings. The average molecular weight is 272 g/mol. The molecule has 1 atom stereocenters. The maximum absolute atomic E-state index is 13.7. The fourth-order valence-electron chi connectivity index (χ4n) is 1.78. The molecule has 1 unspecified atom stereocenters. The standard InChI is InChI=1S/C13H21FN2O3/c1-4-18-13(19-5-2)12(16-15)9-6-7-11(17-3)10(14)8-9/h6-8,12-13,16H,4-5,15H2,1-3H3. The highest BCUT2D eigenvalue weighted by Crippen LogP contribution is 2.25. The van der Waals surface area contributed by atoms with Crippen molar-refractivity contribution in [1.82, 2.24) is 5.43 Å².